The van der Waals surface area contributed by atoms with Gasteiger partial charge in [-0.05, 0) is 24.5 Å². The number of halogens is 1. The maximum absolute atomic E-state index is 12.2. The van der Waals surface area contributed by atoms with Crippen molar-refractivity contribution in [3.05, 3.63) is 33.0 Å². The molecule has 2 aliphatic rings. The van der Waals surface area contributed by atoms with Crippen molar-refractivity contribution in [2.75, 3.05) is 26.2 Å². The predicted octanol–water partition coefficient (Wildman–Crippen LogP) is 1.91. The summed E-state index contributed by atoms with van der Waals surface area (Å²) in [4.78, 5) is 17.4. The second-order valence-corrected chi connectivity index (χ2v) is 7.38. The number of likely N-dealkylation sites (tertiary alicyclic amines) is 1. The molecule has 114 valence electrons. The predicted molar refractivity (Wildman–Crippen MR) is 84.7 cm³/mol. The molecule has 1 fully saturated rings. The molecule has 0 spiro atoms. The molecule has 1 saturated heterocycles. The summed E-state index contributed by atoms with van der Waals surface area (Å²) >= 11 is 7.59. The number of hydrogen-bond acceptors (Lipinski definition) is 4. The zero-order valence-corrected chi connectivity index (χ0v) is 13.4. The molecule has 0 bridgehead atoms. The van der Waals surface area contributed by atoms with Crippen molar-refractivity contribution in [3.63, 3.8) is 0 Å². The van der Waals surface area contributed by atoms with Crippen LogP contribution in [0.15, 0.2) is 18.2 Å². The third-order valence-corrected chi connectivity index (χ3v) is 5.33. The Morgan fingerprint density at radius 3 is 3.14 bits per heavy atom. The van der Waals surface area contributed by atoms with Gasteiger partial charge in [0.2, 0.25) is 5.91 Å². The first-order chi connectivity index (χ1) is 10.1. The van der Waals surface area contributed by atoms with E-state index in [1.165, 1.54) is 10.4 Å². The maximum Gasteiger partial charge on any atom is 0.246 e. The van der Waals surface area contributed by atoms with Crippen LogP contribution >= 0.6 is 22.9 Å². The van der Waals surface area contributed by atoms with E-state index in [1.807, 2.05) is 17.0 Å². The molecule has 1 aromatic heterocycles. The summed E-state index contributed by atoms with van der Waals surface area (Å²) in [7, 11) is 0. The number of nitrogens with zero attached hydrogens (tertiary/aromatic N) is 2. The molecule has 4 nitrogen and oxygen atoms in total. The van der Waals surface area contributed by atoms with Crippen LogP contribution in [-0.2, 0) is 17.8 Å². The number of rotatable bonds is 3. The summed E-state index contributed by atoms with van der Waals surface area (Å²) in [6, 6.07) is 2.01. The topological polar surface area (TPSA) is 43.8 Å². The fourth-order valence-corrected chi connectivity index (χ4v) is 4.22. The van der Waals surface area contributed by atoms with E-state index in [4.69, 9.17) is 11.6 Å². The highest BCUT2D eigenvalue weighted by atomic mass is 35.5. The van der Waals surface area contributed by atoms with E-state index in [0.29, 0.717) is 13.1 Å². The van der Waals surface area contributed by atoms with Crippen molar-refractivity contribution in [1.29, 1.82) is 0 Å². The highest BCUT2D eigenvalue weighted by molar-refractivity contribution is 7.16. The van der Waals surface area contributed by atoms with Crippen LogP contribution in [-0.4, -0.2) is 53.1 Å². The molecule has 0 saturated carbocycles. The first-order valence-corrected chi connectivity index (χ1v) is 8.44. The van der Waals surface area contributed by atoms with E-state index in [9.17, 15) is 9.90 Å². The summed E-state index contributed by atoms with van der Waals surface area (Å²) in [5, 5.41) is 9.46. The molecule has 0 aliphatic carbocycles. The van der Waals surface area contributed by atoms with Crippen molar-refractivity contribution >= 4 is 28.8 Å². The Balaban J connectivity index is 1.52. The summed E-state index contributed by atoms with van der Waals surface area (Å²) in [6.07, 6.45) is 5.06. The van der Waals surface area contributed by atoms with Crippen molar-refractivity contribution < 1.29 is 9.90 Å². The van der Waals surface area contributed by atoms with Crippen LogP contribution in [0.2, 0.25) is 4.34 Å². The number of thiophene rings is 1. The van der Waals surface area contributed by atoms with Gasteiger partial charge in [0.05, 0.1) is 17.0 Å². The van der Waals surface area contributed by atoms with Gasteiger partial charge in [-0.3, -0.25) is 9.69 Å². The Morgan fingerprint density at radius 1 is 1.52 bits per heavy atom. The Hall–Kier alpha value is -0.880. The number of hydrogen-bond donors (Lipinski definition) is 1. The lowest BCUT2D eigenvalue weighted by Gasteiger charge is -2.25. The molecule has 3 rings (SSSR count). The minimum atomic E-state index is -0.210. The second kappa shape index (κ2) is 6.48. The van der Waals surface area contributed by atoms with Crippen molar-refractivity contribution in [2.45, 2.75) is 25.5 Å². The van der Waals surface area contributed by atoms with E-state index in [2.05, 4.69) is 4.90 Å². The van der Waals surface area contributed by atoms with Crippen LogP contribution in [0.5, 0.6) is 0 Å². The molecular weight excluding hydrogens is 308 g/mol. The quantitative estimate of drug-likeness (QED) is 0.863. The summed E-state index contributed by atoms with van der Waals surface area (Å²) in [6.45, 7) is 3.76. The van der Waals surface area contributed by atoms with Crippen molar-refractivity contribution in [3.8, 4) is 0 Å². The van der Waals surface area contributed by atoms with E-state index >= 15 is 0 Å². The number of carbonyl (C=O) groups is 1. The van der Waals surface area contributed by atoms with Crippen LogP contribution in [0.1, 0.15) is 16.9 Å². The van der Waals surface area contributed by atoms with Gasteiger partial charge in [0.25, 0.3) is 0 Å². The highest BCUT2D eigenvalue weighted by Crippen LogP contribution is 2.31. The van der Waals surface area contributed by atoms with E-state index in [1.54, 1.807) is 17.4 Å². The SMILES string of the molecule is O=C(/C=C/CN1CCC(O)C1)N1CCc2cc(Cl)sc2C1. The molecule has 0 aromatic carbocycles. The summed E-state index contributed by atoms with van der Waals surface area (Å²) in [5.74, 6) is 0.0601. The van der Waals surface area contributed by atoms with Gasteiger partial charge in [0.15, 0.2) is 0 Å². The second-order valence-electron chi connectivity index (χ2n) is 5.61. The molecule has 6 heteroatoms. The van der Waals surface area contributed by atoms with Gasteiger partial charge in [0, 0.05) is 37.1 Å². The highest BCUT2D eigenvalue weighted by Gasteiger charge is 2.22. The normalized spacial score (nSPS) is 23.0. The minimum absolute atomic E-state index is 0.0601. The lowest BCUT2D eigenvalue weighted by Crippen LogP contribution is -2.34. The minimum Gasteiger partial charge on any atom is -0.392 e. The summed E-state index contributed by atoms with van der Waals surface area (Å²) < 4.78 is 0.803. The van der Waals surface area contributed by atoms with Crippen LogP contribution < -0.4 is 0 Å². The first kappa shape index (κ1) is 15.0. The Bertz CT molecular complexity index is 558. The molecule has 1 atom stereocenters. The fraction of sp³-hybridized carbons (Fsp3) is 0.533. The maximum atomic E-state index is 12.2. The van der Waals surface area contributed by atoms with Gasteiger partial charge in [-0.15, -0.1) is 11.3 Å². The van der Waals surface area contributed by atoms with Gasteiger partial charge in [-0.25, -0.2) is 0 Å². The molecule has 3 heterocycles. The monoisotopic (exact) mass is 326 g/mol. The van der Waals surface area contributed by atoms with Gasteiger partial charge in [-0.1, -0.05) is 17.7 Å². The fourth-order valence-electron chi connectivity index (χ4n) is 2.86. The number of amides is 1. The molecule has 0 radical (unpaired) electrons. The smallest absolute Gasteiger partial charge is 0.246 e. The Morgan fingerprint density at radius 2 is 2.38 bits per heavy atom. The number of aliphatic hydroxyl groups is 1. The average molecular weight is 327 g/mol. The molecule has 1 unspecified atom stereocenters. The summed E-state index contributed by atoms with van der Waals surface area (Å²) in [5.41, 5.74) is 1.28. The van der Waals surface area contributed by atoms with Crippen LogP contribution in [0.3, 0.4) is 0 Å². The zero-order valence-electron chi connectivity index (χ0n) is 11.8. The first-order valence-electron chi connectivity index (χ1n) is 7.25. The van der Waals surface area contributed by atoms with Crippen LogP contribution in [0.25, 0.3) is 0 Å². The largest absolute Gasteiger partial charge is 0.392 e. The lowest BCUT2D eigenvalue weighted by molar-refractivity contribution is -0.126. The number of β-amino-alcohol motifs (C(OH)–C–C–N with tert-alkyl or cyclic N) is 1. The zero-order chi connectivity index (χ0) is 14.8. The molecule has 1 amide bonds. The Labute approximate surface area is 133 Å². The van der Waals surface area contributed by atoms with Gasteiger partial charge < -0.3 is 10.0 Å². The standard InChI is InChI=1S/C15H19ClN2O2S/c16-14-8-11-3-7-18(10-13(11)21-14)15(20)2-1-5-17-6-4-12(19)9-17/h1-2,8,12,19H,3-7,9-10H2/b2-1+. The van der Waals surface area contributed by atoms with E-state index in [0.717, 1.165) is 36.8 Å². The Kier molecular flexibility index (Phi) is 4.64. The number of carbonyl (C=O) groups excluding carboxylic acids is 1. The van der Waals surface area contributed by atoms with Crippen molar-refractivity contribution in [1.82, 2.24) is 9.80 Å². The van der Waals surface area contributed by atoms with Gasteiger partial charge in [-0.2, -0.15) is 0 Å². The number of fused-ring (bicyclic) bond motifs is 1. The van der Waals surface area contributed by atoms with Crippen molar-refractivity contribution in [2.24, 2.45) is 0 Å². The number of aliphatic hydroxyl groups excluding tert-OH is 1. The third kappa shape index (κ3) is 3.66. The third-order valence-electron chi connectivity index (χ3n) is 4.04. The van der Waals surface area contributed by atoms with E-state index < -0.39 is 0 Å². The molecule has 1 N–H and O–H groups in total. The lowest BCUT2D eigenvalue weighted by atomic mass is 10.1. The van der Waals surface area contributed by atoms with Crippen LogP contribution in [0.4, 0.5) is 0 Å². The average Bonchev–Trinajstić information content (AvgIpc) is 3.02. The molecule has 2 aliphatic heterocycles. The van der Waals surface area contributed by atoms with E-state index in [-0.39, 0.29) is 12.0 Å². The van der Waals surface area contributed by atoms with Gasteiger partial charge in [0.1, 0.15) is 0 Å². The van der Waals surface area contributed by atoms with Gasteiger partial charge >= 0.3 is 0 Å². The van der Waals surface area contributed by atoms with Crippen LogP contribution in [0, 0.1) is 0 Å². The molecular formula is C15H19ClN2O2S. The molecule has 1 aromatic rings. The molecule has 21 heavy (non-hydrogen) atoms.